The van der Waals surface area contributed by atoms with Crippen molar-refractivity contribution in [2.45, 2.75) is 6.92 Å². The summed E-state index contributed by atoms with van der Waals surface area (Å²) >= 11 is 0. The molecule has 0 bridgehead atoms. The van der Waals surface area contributed by atoms with Gasteiger partial charge >= 0.3 is 5.97 Å². The first-order valence-electron chi connectivity index (χ1n) is 6.29. The Hall–Kier alpha value is -2.89. The third-order valence-corrected chi connectivity index (χ3v) is 3.24. The lowest BCUT2D eigenvalue weighted by atomic mass is 10.1. The molecule has 106 valence electrons. The number of aromatic nitrogens is 2. The van der Waals surface area contributed by atoms with Gasteiger partial charge in [-0.25, -0.2) is 9.18 Å². The van der Waals surface area contributed by atoms with Gasteiger partial charge in [-0.1, -0.05) is 6.07 Å². The molecule has 0 saturated carbocycles. The van der Waals surface area contributed by atoms with Crippen LogP contribution in [0.15, 0.2) is 36.5 Å². The number of nitrogens with zero attached hydrogens (tertiary/aromatic N) is 1. The Balaban J connectivity index is 2.16. The van der Waals surface area contributed by atoms with Crippen molar-refractivity contribution in [2.24, 2.45) is 0 Å². The number of hydrogen-bond acceptors (Lipinski definition) is 3. The van der Waals surface area contributed by atoms with E-state index in [4.69, 9.17) is 0 Å². The largest absolute Gasteiger partial charge is 0.478 e. The fraction of sp³-hybridized carbons (Fsp3) is 0.0667. The van der Waals surface area contributed by atoms with E-state index in [2.05, 4.69) is 15.5 Å². The van der Waals surface area contributed by atoms with Crippen LogP contribution in [-0.2, 0) is 0 Å². The zero-order chi connectivity index (χ0) is 15.0. The van der Waals surface area contributed by atoms with Crippen LogP contribution >= 0.6 is 0 Å². The summed E-state index contributed by atoms with van der Waals surface area (Å²) in [5, 5.41) is 19.4. The van der Waals surface area contributed by atoms with E-state index < -0.39 is 11.8 Å². The number of H-pyrrole nitrogens is 1. The first-order chi connectivity index (χ1) is 10.1. The molecule has 1 aromatic heterocycles. The Labute approximate surface area is 119 Å². The molecule has 0 fully saturated rings. The molecule has 0 aliphatic rings. The van der Waals surface area contributed by atoms with E-state index in [-0.39, 0.29) is 11.3 Å². The van der Waals surface area contributed by atoms with Gasteiger partial charge in [-0.2, -0.15) is 5.10 Å². The molecular weight excluding hydrogens is 273 g/mol. The highest BCUT2D eigenvalue weighted by Gasteiger charge is 2.16. The molecule has 3 aromatic rings. The van der Waals surface area contributed by atoms with Crippen LogP contribution in [0.3, 0.4) is 0 Å². The summed E-state index contributed by atoms with van der Waals surface area (Å²) in [5.74, 6) is -1.53. The average Bonchev–Trinajstić information content (AvgIpc) is 2.90. The molecule has 0 aliphatic carbocycles. The normalized spacial score (nSPS) is 10.8. The number of aromatic carboxylic acids is 1. The first kappa shape index (κ1) is 13.1. The molecule has 21 heavy (non-hydrogen) atoms. The molecule has 0 amide bonds. The van der Waals surface area contributed by atoms with Gasteiger partial charge in [0, 0.05) is 5.39 Å². The van der Waals surface area contributed by atoms with Crippen molar-refractivity contribution < 1.29 is 14.3 Å². The molecular formula is C15H12FN3O2. The van der Waals surface area contributed by atoms with Crippen molar-refractivity contribution >= 4 is 28.2 Å². The van der Waals surface area contributed by atoms with E-state index >= 15 is 0 Å². The second-order valence-electron chi connectivity index (χ2n) is 4.73. The first-order valence-corrected chi connectivity index (χ1v) is 6.29. The van der Waals surface area contributed by atoms with Gasteiger partial charge in [0.15, 0.2) is 0 Å². The summed E-state index contributed by atoms with van der Waals surface area (Å²) in [6.07, 6.45) is 1.51. The van der Waals surface area contributed by atoms with Gasteiger partial charge in [0.05, 0.1) is 28.7 Å². The van der Waals surface area contributed by atoms with Gasteiger partial charge in [-0.3, -0.25) is 5.10 Å². The number of carboxylic acids is 1. The van der Waals surface area contributed by atoms with E-state index in [1.54, 1.807) is 25.1 Å². The molecule has 2 aromatic carbocycles. The third-order valence-electron chi connectivity index (χ3n) is 3.24. The van der Waals surface area contributed by atoms with Crippen molar-refractivity contribution in [2.75, 3.05) is 5.32 Å². The van der Waals surface area contributed by atoms with Crippen LogP contribution in [-0.4, -0.2) is 21.3 Å². The minimum atomic E-state index is -1.09. The maximum absolute atomic E-state index is 14.0. The molecule has 3 N–H and O–H groups in total. The van der Waals surface area contributed by atoms with Crippen molar-refractivity contribution in [3.8, 4) is 0 Å². The van der Waals surface area contributed by atoms with Gasteiger partial charge in [0.1, 0.15) is 5.82 Å². The molecule has 0 atom stereocenters. The Kier molecular flexibility index (Phi) is 3.06. The standard InChI is InChI=1S/C15H12FN3O2/c1-8-2-4-13(11(16)6-8)18-14-9(15(20)21)3-5-12-10(14)7-17-19-12/h2-7,18H,1H3,(H,17,19)(H,20,21). The SMILES string of the molecule is Cc1ccc(Nc2c(C(=O)O)ccc3[nH]ncc23)c(F)c1. The summed E-state index contributed by atoms with van der Waals surface area (Å²) in [4.78, 5) is 11.4. The zero-order valence-corrected chi connectivity index (χ0v) is 11.1. The van der Waals surface area contributed by atoms with Crippen molar-refractivity contribution in [3.05, 3.63) is 53.5 Å². The molecule has 3 rings (SSSR count). The quantitative estimate of drug-likeness (QED) is 0.688. The maximum Gasteiger partial charge on any atom is 0.337 e. The van der Waals surface area contributed by atoms with Gasteiger partial charge in [-0.05, 0) is 36.8 Å². The van der Waals surface area contributed by atoms with Crippen LogP contribution in [0.4, 0.5) is 15.8 Å². The van der Waals surface area contributed by atoms with Crippen LogP contribution < -0.4 is 5.32 Å². The van der Waals surface area contributed by atoms with Gasteiger partial charge in [0.2, 0.25) is 0 Å². The zero-order valence-electron chi connectivity index (χ0n) is 11.1. The average molecular weight is 285 g/mol. The lowest BCUT2D eigenvalue weighted by Gasteiger charge is -2.12. The number of aryl methyl sites for hydroxylation is 1. The fourth-order valence-electron chi connectivity index (χ4n) is 2.19. The van der Waals surface area contributed by atoms with Crippen molar-refractivity contribution in [1.82, 2.24) is 10.2 Å². The van der Waals surface area contributed by atoms with Gasteiger partial charge in [0.25, 0.3) is 0 Å². The number of benzene rings is 2. The van der Waals surface area contributed by atoms with Crippen LogP contribution in [0.1, 0.15) is 15.9 Å². The molecule has 0 aliphatic heterocycles. The fourth-order valence-corrected chi connectivity index (χ4v) is 2.19. The molecule has 1 heterocycles. The van der Waals surface area contributed by atoms with Gasteiger partial charge in [-0.15, -0.1) is 0 Å². The monoisotopic (exact) mass is 285 g/mol. The Morgan fingerprint density at radius 1 is 1.33 bits per heavy atom. The predicted molar refractivity (Wildman–Crippen MR) is 77.5 cm³/mol. The number of aromatic amines is 1. The highest BCUT2D eigenvalue weighted by atomic mass is 19.1. The molecule has 0 spiro atoms. The molecule has 6 heteroatoms. The van der Waals surface area contributed by atoms with Crippen LogP contribution in [0.5, 0.6) is 0 Å². The number of fused-ring (bicyclic) bond motifs is 1. The minimum Gasteiger partial charge on any atom is -0.478 e. The number of carboxylic acid groups (broad SMARTS) is 1. The Morgan fingerprint density at radius 2 is 2.14 bits per heavy atom. The summed E-state index contributed by atoms with van der Waals surface area (Å²) in [6.45, 7) is 1.78. The lowest BCUT2D eigenvalue weighted by molar-refractivity contribution is 0.0698. The third kappa shape index (κ3) is 2.31. The smallest absolute Gasteiger partial charge is 0.337 e. The van der Waals surface area contributed by atoms with E-state index in [1.165, 1.54) is 18.3 Å². The number of rotatable bonds is 3. The minimum absolute atomic E-state index is 0.0591. The predicted octanol–water partition coefficient (Wildman–Crippen LogP) is 3.45. The highest BCUT2D eigenvalue weighted by molar-refractivity contribution is 6.05. The van der Waals surface area contributed by atoms with Gasteiger partial charge < -0.3 is 10.4 Å². The van der Waals surface area contributed by atoms with E-state index in [0.717, 1.165) is 5.56 Å². The van der Waals surface area contributed by atoms with Crippen LogP contribution in [0.2, 0.25) is 0 Å². The molecule has 5 nitrogen and oxygen atoms in total. The number of anilines is 2. The van der Waals surface area contributed by atoms with Crippen LogP contribution in [0.25, 0.3) is 10.9 Å². The number of hydrogen-bond donors (Lipinski definition) is 3. The Bertz CT molecular complexity index is 842. The molecule has 0 saturated heterocycles. The highest BCUT2D eigenvalue weighted by Crippen LogP contribution is 2.30. The van der Waals surface area contributed by atoms with E-state index in [1.807, 2.05) is 0 Å². The van der Waals surface area contributed by atoms with Crippen molar-refractivity contribution in [1.29, 1.82) is 0 Å². The lowest BCUT2D eigenvalue weighted by Crippen LogP contribution is -2.04. The number of halogens is 1. The van der Waals surface area contributed by atoms with E-state index in [0.29, 0.717) is 16.6 Å². The second kappa shape index (κ2) is 4.90. The summed E-state index contributed by atoms with van der Waals surface area (Å²) < 4.78 is 14.0. The second-order valence-corrected chi connectivity index (χ2v) is 4.73. The Morgan fingerprint density at radius 3 is 2.86 bits per heavy atom. The number of carbonyl (C=O) groups is 1. The van der Waals surface area contributed by atoms with Crippen molar-refractivity contribution in [3.63, 3.8) is 0 Å². The summed E-state index contributed by atoms with van der Waals surface area (Å²) in [5.41, 5.74) is 2.06. The summed E-state index contributed by atoms with van der Waals surface area (Å²) in [6, 6.07) is 7.80. The molecule has 0 unspecified atom stereocenters. The maximum atomic E-state index is 14.0. The van der Waals surface area contributed by atoms with E-state index in [9.17, 15) is 14.3 Å². The molecule has 0 radical (unpaired) electrons. The van der Waals surface area contributed by atoms with Crippen LogP contribution in [0, 0.1) is 12.7 Å². The number of nitrogens with one attached hydrogen (secondary N) is 2. The summed E-state index contributed by atoms with van der Waals surface area (Å²) in [7, 11) is 0. The topological polar surface area (TPSA) is 78.0 Å².